The second-order valence-electron chi connectivity index (χ2n) is 5.27. The average Bonchev–Trinajstić information content (AvgIpc) is 2.80. The van der Waals surface area contributed by atoms with Crippen molar-refractivity contribution in [3.05, 3.63) is 22.5 Å². The predicted molar refractivity (Wildman–Crippen MR) is 69.7 cm³/mol. The monoisotopic (exact) mass is 268 g/mol. The van der Waals surface area contributed by atoms with Crippen molar-refractivity contribution in [3.8, 4) is 0 Å². The lowest BCUT2D eigenvalue weighted by Gasteiger charge is -2.31. The number of aromatic nitrogens is 2. The summed E-state index contributed by atoms with van der Waals surface area (Å²) < 4.78 is 1.39. The van der Waals surface area contributed by atoms with Crippen LogP contribution < -0.4 is 0 Å². The van der Waals surface area contributed by atoms with Gasteiger partial charge in [-0.1, -0.05) is 11.9 Å². The van der Waals surface area contributed by atoms with Gasteiger partial charge in [0.05, 0.1) is 12.6 Å². The van der Waals surface area contributed by atoms with E-state index in [1.165, 1.54) is 17.0 Å². The van der Waals surface area contributed by atoms with Crippen molar-refractivity contribution in [1.82, 2.24) is 14.5 Å². The van der Waals surface area contributed by atoms with Crippen molar-refractivity contribution in [1.29, 1.82) is 0 Å². The van der Waals surface area contributed by atoms with E-state index < -0.39 is 11.0 Å². The van der Waals surface area contributed by atoms with Crippen molar-refractivity contribution in [2.24, 2.45) is 5.92 Å². The van der Waals surface area contributed by atoms with E-state index in [0.29, 0.717) is 6.54 Å². The standard InChI is InChI=1S/C12H20N4O3/c1-10-2-5-14(6-3-10)8-11(17)9-15-7-4-13-12(15)16(18)19/h4,7,10-11,17H,2-3,5-6,8-9H2,1H3. The van der Waals surface area contributed by atoms with Gasteiger partial charge in [0.25, 0.3) is 0 Å². The van der Waals surface area contributed by atoms with E-state index in [0.717, 1.165) is 31.8 Å². The number of aliphatic hydroxyl groups excluding tert-OH is 1. The van der Waals surface area contributed by atoms with Gasteiger partial charge < -0.3 is 20.1 Å². The van der Waals surface area contributed by atoms with Crippen LogP contribution in [0.2, 0.25) is 0 Å². The largest absolute Gasteiger partial charge is 0.434 e. The van der Waals surface area contributed by atoms with E-state index in [1.54, 1.807) is 0 Å². The molecule has 1 atom stereocenters. The Morgan fingerprint density at radius 2 is 2.21 bits per heavy atom. The minimum absolute atomic E-state index is 0.211. The smallest absolute Gasteiger partial charge is 0.390 e. The van der Waals surface area contributed by atoms with Gasteiger partial charge in [-0.05, 0) is 36.8 Å². The van der Waals surface area contributed by atoms with Gasteiger partial charge in [0.2, 0.25) is 0 Å². The third-order valence-corrected chi connectivity index (χ3v) is 3.61. The first-order valence-electron chi connectivity index (χ1n) is 6.62. The number of hydrogen-bond acceptors (Lipinski definition) is 5. The summed E-state index contributed by atoms with van der Waals surface area (Å²) in [6.07, 6.45) is 4.60. The van der Waals surface area contributed by atoms with Crippen LogP contribution >= 0.6 is 0 Å². The number of β-amino-alcohol motifs (C(OH)–C–C–N with tert-alkyl or cyclic N) is 1. The molecule has 1 unspecified atom stereocenters. The zero-order valence-corrected chi connectivity index (χ0v) is 11.1. The van der Waals surface area contributed by atoms with E-state index in [2.05, 4.69) is 16.8 Å². The Balaban J connectivity index is 1.85. The van der Waals surface area contributed by atoms with Crippen molar-refractivity contribution < 1.29 is 10.0 Å². The van der Waals surface area contributed by atoms with E-state index in [9.17, 15) is 15.2 Å². The molecular formula is C12H20N4O3. The summed E-state index contributed by atoms with van der Waals surface area (Å²) in [7, 11) is 0. The molecule has 7 heteroatoms. The minimum Gasteiger partial charge on any atom is -0.390 e. The molecule has 1 aromatic rings. The van der Waals surface area contributed by atoms with Gasteiger partial charge in [0.1, 0.15) is 12.4 Å². The van der Waals surface area contributed by atoms with Gasteiger partial charge in [0.15, 0.2) is 0 Å². The van der Waals surface area contributed by atoms with Crippen LogP contribution in [0.1, 0.15) is 19.8 Å². The van der Waals surface area contributed by atoms with Crippen molar-refractivity contribution in [2.45, 2.75) is 32.4 Å². The molecule has 1 aromatic heterocycles. The second kappa shape index (κ2) is 6.12. The van der Waals surface area contributed by atoms with Crippen LogP contribution in [0.5, 0.6) is 0 Å². The normalized spacial score (nSPS) is 19.5. The Labute approximate surface area is 112 Å². The molecule has 19 heavy (non-hydrogen) atoms. The number of imidazole rings is 1. The Bertz CT molecular complexity index is 426. The van der Waals surface area contributed by atoms with E-state index in [1.807, 2.05) is 0 Å². The lowest BCUT2D eigenvalue weighted by atomic mass is 9.99. The van der Waals surface area contributed by atoms with E-state index in [4.69, 9.17) is 0 Å². The second-order valence-corrected chi connectivity index (χ2v) is 5.27. The van der Waals surface area contributed by atoms with Crippen LogP contribution in [-0.4, -0.2) is 50.2 Å². The zero-order chi connectivity index (χ0) is 13.8. The first-order valence-corrected chi connectivity index (χ1v) is 6.62. The van der Waals surface area contributed by atoms with E-state index >= 15 is 0 Å². The number of piperidine rings is 1. The highest BCUT2D eigenvalue weighted by atomic mass is 16.6. The fourth-order valence-electron chi connectivity index (χ4n) is 2.44. The Morgan fingerprint density at radius 3 is 2.84 bits per heavy atom. The fourth-order valence-corrected chi connectivity index (χ4v) is 2.44. The first kappa shape index (κ1) is 14.0. The quantitative estimate of drug-likeness (QED) is 0.633. The maximum Gasteiger partial charge on any atom is 0.434 e. The molecule has 0 saturated carbocycles. The molecule has 0 aromatic carbocycles. The molecule has 2 heterocycles. The summed E-state index contributed by atoms with van der Waals surface area (Å²) >= 11 is 0. The summed E-state index contributed by atoms with van der Waals surface area (Å²) in [4.78, 5) is 16.1. The highest BCUT2D eigenvalue weighted by molar-refractivity contribution is 5.06. The lowest BCUT2D eigenvalue weighted by Crippen LogP contribution is -2.39. The number of aliphatic hydroxyl groups is 1. The molecule has 106 valence electrons. The highest BCUT2D eigenvalue weighted by Gasteiger charge is 2.21. The molecule has 0 radical (unpaired) electrons. The molecule has 1 aliphatic rings. The van der Waals surface area contributed by atoms with Gasteiger partial charge in [0, 0.05) is 6.54 Å². The number of nitrogens with zero attached hydrogens (tertiary/aromatic N) is 4. The molecule has 0 aliphatic carbocycles. The lowest BCUT2D eigenvalue weighted by molar-refractivity contribution is -0.397. The summed E-state index contributed by atoms with van der Waals surface area (Å²) in [6, 6.07) is 0. The Hall–Kier alpha value is -1.47. The summed E-state index contributed by atoms with van der Waals surface area (Å²) in [6.45, 7) is 4.99. The van der Waals surface area contributed by atoms with Crippen LogP contribution in [0.3, 0.4) is 0 Å². The van der Waals surface area contributed by atoms with Crippen molar-refractivity contribution >= 4 is 5.95 Å². The SMILES string of the molecule is CC1CCN(CC(O)Cn2ccnc2[N+](=O)[O-])CC1. The summed E-state index contributed by atoms with van der Waals surface area (Å²) in [5, 5.41) is 20.8. The molecule has 0 spiro atoms. The first-order chi connectivity index (χ1) is 9.06. The highest BCUT2D eigenvalue weighted by Crippen LogP contribution is 2.16. The van der Waals surface area contributed by atoms with Gasteiger partial charge in [-0.25, -0.2) is 4.57 Å². The van der Waals surface area contributed by atoms with Crippen LogP contribution in [0, 0.1) is 16.0 Å². The number of likely N-dealkylation sites (tertiary alicyclic amines) is 1. The van der Waals surface area contributed by atoms with Crippen molar-refractivity contribution in [3.63, 3.8) is 0 Å². The third kappa shape index (κ3) is 3.74. The Kier molecular flexibility index (Phi) is 4.49. The number of rotatable bonds is 5. The summed E-state index contributed by atoms with van der Waals surface area (Å²) in [5.41, 5.74) is 0. The van der Waals surface area contributed by atoms with E-state index in [-0.39, 0.29) is 12.5 Å². The maximum absolute atomic E-state index is 10.7. The third-order valence-electron chi connectivity index (χ3n) is 3.61. The van der Waals surface area contributed by atoms with Gasteiger partial charge >= 0.3 is 5.95 Å². The zero-order valence-electron chi connectivity index (χ0n) is 11.1. The van der Waals surface area contributed by atoms with Crippen LogP contribution in [0.25, 0.3) is 0 Å². The fraction of sp³-hybridized carbons (Fsp3) is 0.750. The number of hydrogen-bond donors (Lipinski definition) is 1. The van der Waals surface area contributed by atoms with Crippen LogP contribution in [0.15, 0.2) is 12.4 Å². The molecule has 1 saturated heterocycles. The minimum atomic E-state index is -0.610. The molecule has 0 bridgehead atoms. The molecule has 2 rings (SSSR count). The molecular weight excluding hydrogens is 248 g/mol. The Morgan fingerprint density at radius 1 is 1.53 bits per heavy atom. The van der Waals surface area contributed by atoms with Gasteiger partial charge in [-0.3, -0.25) is 0 Å². The van der Waals surface area contributed by atoms with Crippen LogP contribution in [0.4, 0.5) is 5.95 Å². The molecule has 0 amide bonds. The molecule has 7 nitrogen and oxygen atoms in total. The topological polar surface area (TPSA) is 84.4 Å². The average molecular weight is 268 g/mol. The molecule has 1 fully saturated rings. The van der Waals surface area contributed by atoms with Gasteiger partial charge in [-0.2, -0.15) is 0 Å². The van der Waals surface area contributed by atoms with Gasteiger partial charge in [-0.15, -0.1) is 0 Å². The molecule has 1 aliphatic heterocycles. The van der Waals surface area contributed by atoms with Crippen LogP contribution in [-0.2, 0) is 6.54 Å². The molecule has 1 N–H and O–H groups in total. The maximum atomic E-state index is 10.7. The predicted octanol–water partition coefficient (Wildman–Crippen LogP) is 0.884. The van der Waals surface area contributed by atoms with Crippen molar-refractivity contribution in [2.75, 3.05) is 19.6 Å². The number of nitro groups is 1. The summed E-state index contributed by atoms with van der Waals surface area (Å²) in [5.74, 6) is 0.537.